The van der Waals surface area contributed by atoms with Crippen LogP contribution in [0.4, 0.5) is 10.1 Å². The molecule has 0 radical (unpaired) electrons. The number of pyridine rings is 1. The van der Waals surface area contributed by atoms with Gasteiger partial charge < -0.3 is 18.9 Å². The summed E-state index contributed by atoms with van der Waals surface area (Å²) >= 11 is 0. The minimum atomic E-state index is -0.590. The summed E-state index contributed by atoms with van der Waals surface area (Å²) in [6, 6.07) is 6.59. The number of carbonyl (C=O) groups is 1. The molecule has 0 N–H and O–H groups in total. The highest BCUT2D eigenvalue weighted by atomic mass is 19.1. The second-order valence-corrected chi connectivity index (χ2v) is 8.82. The molecular formula is C26H28FN7O3. The summed E-state index contributed by atoms with van der Waals surface area (Å²) in [6.45, 7) is 1.91. The Balaban J connectivity index is 1.63. The zero-order valence-corrected chi connectivity index (χ0v) is 21.0. The van der Waals surface area contributed by atoms with Crippen LogP contribution in [0.5, 0.6) is 11.5 Å². The van der Waals surface area contributed by atoms with Crippen LogP contribution >= 0.6 is 0 Å². The molecule has 0 atom stereocenters. The fourth-order valence-electron chi connectivity index (χ4n) is 4.46. The number of benzene rings is 1. The topological polar surface area (TPSA) is 99.7 Å². The predicted molar refractivity (Wildman–Crippen MR) is 135 cm³/mol. The van der Waals surface area contributed by atoms with Crippen molar-refractivity contribution in [2.75, 3.05) is 27.3 Å². The van der Waals surface area contributed by atoms with Gasteiger partial charge in [0.2, 0.25) is 5.91 Å². The molecule has 1 aliphatic heterocycles. The molecule has 192 valence electrons. The normalized spacial score (nSPS) is 14.1. The van der Waals surface area contributed by atoms with Crippen LogP contribution in [0.25, 0.3) is 22.4 Å². The van der Waals surface area contributed by atoms with E-state index in [2.05, 4.69) is 15.1 Å². The molecule has 3 aromatic heterocycles. The molecule has 0 unspecified atom stereocenters. The van der Waals surface area contributed by atoms with E-state index in [0.29, 0.717) is 54.0 Å². The Morgan fingerprint density at radius 3 is 2.70 bits per heavy atom. The molecule has 1 fully saturated rings. The molecule has 5 rings (SSSR count). The molecule has 10 nitrogen and oxygen atoms in total. The second-order valence-electron chi connectivity index (χ2n) is 8.82. The van der Waals surface area contributed by atoms with Crippen molar-refractivity contribution < 1.29 is 18.7 Å². The number of halogens is 1. The predicted octanol–water partition coefficient (Wildman–Crippen LogP) is 3.23. The van der Waals surface area contributed by atoms with Gasteiger partial charge in [-0.05, 0) is 25.0 Å². The largest absolute Gasteiger partial charge is 0.497 e. The standard InChI is InChI=1S/C26H28FN7O3/c1-32-16-17(14-29-32)21-15-28-19-7-8-23(30-20-12-18(36-2)13-22(37-3)25(20)27)34(26(19)31-21)11-5-10-33-9-4-6-24(33)35/h7-8,12-16H,4-6,9-11H2,1-3H3. The van der Waals surface area contributed by atoms with Crippen LogP contribution in [0.3, 0.4) is 0 Å². The first-order chi connectivity index (χ1) is 18.0. The second kappa shape index (κ2) is 10.4. The van der Waals surface area contributed by atoms with Crippen molar-refractivity contribution in [2.45, 2.75) is 25.8 Å². The number of aromatic nitrogens is 5. The van der Waals surface area contributed by atoms with Crippen molar-refractivity contribution in [1.29, 1.82) is 0 Å². The quantitative estimate of drug-likeness (QED) is 0.365. The fourth-order valence-corrected chi connectivity index (χ4v) is 4.46. The highest BCUT2D eigenvalue weighted by Crippen LogP contribution is 2.32. The number of methoxy groups -OCH3 is 2. The summed E-state index contributed by atoms with van der Waals surface area (Å²) in [5.41, 5.74) is 3.34. The van der Waals surface area contributed by atoms with Gasteiger partial charge in [-0.2, -0.15) is 5.10 Å². The van der Waals surface area contributed by atoms with E-state index in [1.54, 1.807) is 23.1 Å². The molecule has 1 saturated heterocycles. The Morgan fingerprint density at radius 1 is 1.14 bits per heavy atom. The van der Waals surface area contributed by atoms with Gasteiger partial charge in [-0.1, -0.05) is 0 Å². The van der Waals surface area contributed by atoms with Gasteiger partial charge in [0, 0.05) is 57.0 Å². The zero-order valence-electron chi connectivity index (χ0n) is 21.0. The van der Waals surface area contributed by atoms with Crippen LogP contribution < -0.4 is 15.0 Å². The maximum Gasteiger partial charge on any atom is 0.222 e. The number of rotatable bonds is 8. The molecule has 37 heavy (non-hydrogen) atoms. The SMILES string of the molecule is COc1cc(N=c2ccc3ncc(-c4cnn(C)c4)nc3n2CCCN2CCCC2=O)c(F)c(OC)c1. The maximum absolute atomic E-state index is 15.1. The number of likely N-dealkylation sites (tertiary alicyclic amines) is 1. The van der Waals surface area contributed by atoms with E-state index in [4.69, 9.17) is 14.5 Å². The molecule has 0 bridgehead atoms. The lowest BCUT2D eigenvalue weighted by Crippen LogP contribution is -2.28. The van der Waals surface area contributed by atoms with Crippen LogP contribution in [-0.2, 0) is 18.4 Å². The number of fused-ring (bicyclic) bond motifs is 1. The van der Waals surface area contributed by atoms with Crippen molar-refractivity contribution in [1.82, 2.24) is 29.2 Å². The van der Waals surface area contributed by atoms with E-state index < -0.39 is 5.82 Å². The molecule has 1 aliphatic rings. The smallest absolute Gasteiger partial charge is 0.222 e. The highest BCUT2D eigenvalue weighted by molar-refractivity contribution is 5.78. The maximum atomic E-state index is 15.1. The van der Waals surface area contributed by atoms with E-state index in [1.165, 1.54) is 26.4 Å². The molecule has 0 saturated carbocycles. The van der Waals surface area contributed by atoms with Gasteiger partial charge in [-0.15, -0.1) is 0 Å². The first-order valence-corrected chi connectivity index (χ1v) is 12.1. The average Bonchev–Trinajstić information content (AvgIpc) is 3.53. The molecule has 1 amide bonds. The van der Waals surface area contributed by atoms with Gasteiger partial charge in [0.05, 0.1) is 32.3 Å². The van der Waals surface area contributed by atoms with Gasteiger partial charge in [0.1, 0.15) is 22.4 Å². The minimum Gasteiger partial charge on any atom is -0.497 e. The summed E-state index contributed by atoms with van der Waals surface area (Å²) < 4.78 is 29.2. The fraction of sp³-hybridized carbons (Fsp3) is 0.346. The molecule has 4 aromatic rings. The summed E-state index contributed by atoms with van der Waals surface area (Å²) in [7, 11) is 4.74. The summed E-state index contributed by atoms with van der Waals surface area (Å²) in [5, 5.41) is 4.23. The molecule has 11 heteroatoms. The highest BCUT2D eigenvalue weighted by Gasteiger charge is 2.19. The van der Waals surface area contributed by atoms with Crippen molar-refractivity contribution in [3.05, 3.63) is 54.2 Å². The van der Waals surface area contributed by atoms with Crippen LogP contribution in [0.1, 0.15) is 19.3 Å². The third-order valence-electron chi connectivity index (χ3n) is 6.37. The number of aryl methyl sites for hydroxylation is 2. The number of hydrogen-bond acceptors (Lipinski definition) is 7. The summed E-state index contributed by atoms with van der Waals surface area (Å²) in [6.07, 6.45) is 7.46. The monoisotopic (exact) mass is 505 g/mol. The first-order valence-electron chi connectivity index (χ1n) is 12.1. The third-order valence-corrected chi connectivity index (χ3v) is 6.37. The van der Waals surface area contributed by atoms with Crippen LogP contribution in [0, 0.1) is 5.82 Å². The minimum absolute atomic E-state index is 0.0386. The lowest BCUT2D eigenvalue weighted by Gasteiger charge is -2.17. The molecular weight excluding hydrogens is 477 g/mol. The number of nitrogens with zero attached hydrogens (tertiary/aromatic N) is 7. The average molecular weight is 506 g/mol. The zero-order chi connectivity index (χ0) is 25.9. The molecule has 4 heterocycles. The lowest BCUT2D eigenvalue weighted by molar-refractivity contribution is -0.127. The van der Waals surface area contributed by atoms with Crippen LogP contribution in [0.15, 0.2) is 47.8 Å². The van der Waals surface area contributed by atoms with Gasteiger partial charge in [0.25, 0.3) is 0 Å². The van der Waals surface area contributed by atoms with Gasteiger partial charge in [0.15, 0.2) is 17.2 Å². The Kier molecular flexibility index (Phi) is 6.85. The van der Waals surface area contributed by atoms with Gasteiger partial charge in [-0.25, -0.2) is 14.4 Å². The molecule has 0 spiro atoms. The number of amides is 1. The van der Waals surface area contributed by atoms with Crippen LogP contribution in [0.2, 0.25) is 0 Å². The van der Waals surface area contributed by atoms with Crippen molar-refractivity contribution in [3.8, 4) is 22.8 Å². The van der Waals surface area contributed by atoms with Crippen molar-refractivity contribution >= 4 is 22.8 Å². The van der Waals surface area contributed by atoms with Gasteiger partial charge >= 0.3 is 0 Å². The van der Waals surface area contributed by atoms with E-state index in [0.717, 1.165) is 18.5 Å². The molecule has 0 aliphatic carbocycles. The summed E-state index contributed by atoms with van der Waals surface area (Å²) in [4.78, 5) is 28.1. The Bertz CT molecular complexity index is 1530. The van der Waals surface area contributed by atoms with Crippen molar-refractivity contribution in [3.63, 3.8) is 0 Å². The first kappa shape index (κ1) is 24.4. The van der Waals surface area contributed by atoms with Crippen LogP contribution in [-0.4, -0.2) is 62.4 Å². The number of hydrogen-bond donors (Lipinski definition) is 0. The number of carbonyl (C=O) groups excluding carboxylic acids is 1. The van der Waals surface area contributed by atoms with E-state index in [9.17, 15) is 4.79 Å². The summed E-state index contributed by atoms with van der Waals surface area (Å²) in [5.74, 6) is 0.0528. The third kappa shape index (κ3) is 5.02. The van der Waals surface area contributed by atoms with Gasteiger partial charge in [-0.3, -0.25) is 14.5 Å². The lowest BCUT2D eigenvalue weighted by atomic mass is 10.2. The van der Waals surface area contributed by atoms with E-state index >= 15 is 4.39 Å². The van der Waals surface area contributed by atoms with E-state index in [1.807, 2.05) is 28.8 Å². The van der Waals surface area contributed by atoms with Crippen molar-refractivity contribution in [2.24, 2.45) is 12.0 Å². The molecule has 1 aromatic carbocycles. The van der Waals surface area contributed by atoms with E-state index in [-0.39, 0.29) is 17.3 Å². The Morgan fingerprint density at radius 2 is 2.00 bits per heavy atom. The number of ether oxygens (including phenoxy) is 2. The Labute approximate surface area is 213 Å². The Hall–Kier alpha value is -4.28.